The number of hydrogen-bond donors (Lipinski definition) is 2. The van der Waals surface area contributed by atoms with Crippen LogP contribution in [-0.4, -0.2) is 27.9 Å². The Balaban J connectivity index is 1.89. The van der Waals surface area contributed by atoms with Crippen LogP contribution in [0.4, 0.5) is 16.2 Å². The summed E-state index contributed by atoms with van der Waals surface area (Å²) in [5.74, 6) is -0.199. The van der Waals surface area contributed by atoms with Gasteiger partial charge in [0, 0.05) is 11.9 Å². The van der Waals surface area contributed by atoms with Gasteiger partial charge < -0.3 is 15.5 Å². The number of aromatic nitrogens is 1. The molecule has 1 atom stereocenters. The molecule has 0 fully saturated rings. The number of nitrogens with one attached hydrogen (secondary N) is 2. The quantitative estimate of drug-likeness (QED) is 0.846. The number of aryl methyl sites for hydroxylation is 2. The molecule has 3 amide bonds. The van der Waals surface area contributed by atoms with Crippen molar-refractivity contribution in [2.45, 2.75) is 33.4 Å². The third-order valence-corrected chi connectivity index (χ3v) is 4.30. The third kappa shape index (κ3) is 2.95. The summed E-state index contributed by atoms with van der Waals surface area (Å²) in [5, 5.41) is 5.77. The molecule has 24 heavy (non-hydrogen) atoms. The molecule has 6 nitrogen and oxygen atoms in total. The Morgan fingerprint density at radius 1 is 1.29 bits per heavy atom. The molecule has 1 aliphatic heterocycles. The zero-order chi connectivity index (χ0) is 17.3. The Hall–Kier alpha value is -2.89. The summed E-state index contributed by atoms with van der Waals surface area (Å²) in [6.07, 6.45) is 1.71. The number of hydrogen-bond acceptors (Lipinski definition) is 3. The molecule has 0 aliphatic carbocycles. The second-order valence-electron chi connectivity index (χ2n) is 5.97. The van der Waals surface area contributed by atoms with Crippen LogP contribution in [0.25, 0.3) is 0 Å². The normalized spacial score (nSPS) is 16.9. The molecule has 124 valence electrons. The van der Waals surface area contributed by atoms with E-state index in [1.165, 1.54) is 4.90 Å². The average molecular weight is 324 g/mol. The predicted molar refractivity (Wildman–Crippen MR) is 92.8 cm³/mol. The smallest absolute Gasteiger partial charge is 0.322 e. The standard InChI is InChI=1S/C18H20N4O2/c1-11-8-9-19-12(2)16(11)21-18(24)22-10-14-6-4-5-7-15(14)20-17(23)13(22)3/h4-9,13H,10H2,1-3H3,(H,20,23)(H,21,24). The highest BCUT2D eigenvalue weighted by molar-refractivity contribution is 6.00. The summed E-state index contributed by atoms with van der Waals surface area (Å²) >= 11 is 0. The van der Waals surface area contributed by atoms with Crippen LogP contribution < -0.4 is 10.6 Å². The molecule has 0 radical (unpaired) electrons. The third-order valence-electron chi connectivity index (χ3n) is 4.30. The number of pyridine rings is 1. The fourth-order valence-corrected chi connectivity index (χ4v) is 2.79. The van der Waals surface area contributed by atoms with Gasteiger partial charge in [0.05, 0.1) is 17.9 Å². The van der Waals surface area contributed by atoms with Gasteiger partial charge in [-0.2, -0.15) is 0 Å². The first kappa shape index (κ1) is 16.0. The van der Waals surface area contributed by atoms with E-state index in [1.807, 2.05) is 44.2 Å². The van der Waals surface area contributed by atoms with Crippen LogP contribution in [0.1, 0.15) is 23.7 Å². The molecule has 3 rings (SSSR count). The fourth-order valence-electron chi connectivity index (χ4n) is 2.79. The molecule has 1 aromatic carbocycles. The number of anilines is 2. The summed E-state index contributed by atoms with van der Waals surface area (Å²) in [7, 11) is 0. The summed E-state index contributed by atoms with van der Waals surface area (Å²) < 4.78 is 0. The minimum absolute atomic E-state index is 0.199. The molecule has 2 aromatic rings. The lowest BCUT2D eigenvalue weighted by Crippen LogP contribution is -2.45. The highest BCUT2D eigenvalue weighted by Crippen LogP contribution is 2.24. The highest BCUT2D eigenvalue weighted by Gasteiger charge is 2.30. The maximum Gasteiger partial charge on any atom is 0.322 e. The van der Waals surface area contributed by atoms with E-state index < -0.39 is 6.04 Å². The van der Waals surface area contributed by atoms with Gasteiger partial charge >= 0.3 is 6.03 Å². The van der Waals surface area contributed by atoms with Crippen molar-refractivity contribution in [3.63, 3.8) is 0 Å². The lowest BCUT2D eigenvalue weighted by Gasteiger charge is -2.26. The van der Waals surface area contributed by atoms with Gasteiger partial charge in [0.15, 0.2) is 0 Å². The summed E-state index contributed by atoms with van der Waals surface area (Å²) in [5.41, 5.74) is 4.02. The van der Waals surface area contributed by atoms with E-state index in [4.69, 9.17) is 0 Å². The van der Waals surface area contributed by atoms with E-state index in [1.54, 1.807) is 13.1 Å². The topological polar surface area (TPSA) is 74.3 Å². The van der Waals surface area contributed by atoms with Crippen LogP contribution in [0, 0.1) is 13.8 Å². The maximum absolute atomic E-state index is 12.8. The maximum atomic E-state index is 12.8. The molecular weight excluding hydrogens is 304 g/mol. The lowest BCUT2D eigenvalue weighted by atomic mass is 10.1. The molecule has 1 aliphatic rings. The Bertz CT molecular complexity index is 783. The van der Waals surface area contributed by atoms with E-state index in [9.17, 15) is 9.59 Å². The van der Waals surface area contributed by atoms with Crippen LogP contribution in [0.15, 0.2) is 36.5 Å². The van der Waals surface area contributed by atoms with E-state index >= 15 is 0 Å². The number of amides is 3. The first-order chi connectivity index (χ1) is 11.5. The molecule has 6 heteroatoms. The van der Waals surface area contributed by atoms with Gasteiger partial charge in [-0.05, 0) is 44.0 Å². The molecule has 0 bridgehead atoms. The molecule has 1 aromatic heterocycles. The van der Waals surface area contributed by atoms with Gasteiger partial charge in [0.25, 0.3) is 0 Å². The summed E-state index contributed by atoms with van der Waals surface area (Å²) in [6.45, 7) is 5.85. The number of benzene rings is 1. The molecule has 2 heterocycles. The van der Waals surface area contributed by atoms with Gasteiger partial charge in [-0.15, -0.1) is 0 Å². The van der Waals surface area contributed by atoms with Crippen molar-refractivity contribution in [1.29, 1.82) is 0 Å². The van der Waals surface area contributed by atoms with Crippen LogP contribution >= 0.6 is 0 Å². The SMILES string of the molecule is Cc1ccnc(C)c1NC(=O)N1Cc2ccccc2NC(=O)C1C. The second kappa shape index (κ2) is 6.31. The van der Waals surface area contributed by atoms with Crippen LogP contribution in [0.2, 0.25) is 0 Å². The van der Waals surface area contributed by atoms with Crippen LogP contribution in [0.5, 0.6) is 0 Å². The minimum atomic E-state index is -0.574. The fraction of sp³-hybridized carbons (Fsp3) is 0.278. The van der Waals surface area contributed by atoms with Crippen molar-refractivity contribution in [3.05, 3.63) is 53.3 Å². The van der Waals surface area contributed by atoms with Gasteiger partial charge in [0.2, 0.25) is 5.91 Å². The summed E-state index contributed by atoms with van der Waals surface area (Å²) in [4.78, 5) is 30.9. The van der Waals surface area contributed by atoms with Crippen molar-refractivity contribution >= 4 is 23.3 Å². The number of carbonyl (C=O) groups excluding carboxylic acids is 2. The molecule has 0 spiro atoms. The zero-order valence-electron chi connectivity index (χ0n) is 14.0. The zero-order valence-corrected chi connectivity index (χ0v) is 14.0. The van der Waals surface area contributed by atoms with Crippen LogP contribution in [0.3, 0.4) is 0 Å². The number of carbonyl (C=O) groups is 2. The van der Waals surface area contributed by atoms with Crippen molar-refractivity contribution < 1.29 is 9.59 Å². The summed E-state index contributed by atoms with van der Waals surface area (Å²) in [6, 6.07) is 8.47. The molecule has 2 N–H and O–H groups in total. The Morgan fingerprint density at radius 2 is 2.04 bits per heavy atom. The van der Waals surface area contributed by atoms with Crippen molar-refractivity contribution in [2.75, 3.05) is 10.6 Å². The average Bonchev–Trinajstić information content (AvgIpc) is 2.68. The van der Waals surface area contributed by atoms with Crippen LogP contribution in [-0.2, 0) is 11.3 Å². The minimum Gasteiger partial charge on any atom is -0.324 e. The van der Waals surface area contributed by atoms with Crippen molar-refractivity contribution in [1.82, 2.24) is 9.88 Å². The first-order valence-corrected chi connectivity index (χ1v) is 7.86. The van der Waals surface area contributed by atoms with E-state index in [0.717, 1.165) is 22.5 Å². The van der Waals surface area contributed by atoms with Crippen molar-refractivity contribution in [2.24, 2.45) is 0 Å². The van der Waals surface area contributed by atoms with E-state index in [2.05, 4.69) is 15.6 Å². The Kier molecular flexibility index (Phi) is 4.20. The number of urea groups is 1. The van der Waals surface area contributed by atoms with Gasteiger partial charge in [0.1, 0.15) is 6.04 Å². The second-order valence-corrected chi connectivity index (χ2v) is 5.97. The Morgan fingerprint density at radius 3 is 2.79 bits per heavy atom. The molecule has 0 saturated heterocycles. The number of fused-ring (bicyclic) bond motifs is 1. The number of para-hydroxylation sites is 1. The van der Waals surface area contributed by atoms with Gasteiger partial charge in [-0.25, -0.2) is 4.79 Å². The van der Waals surface area contributed by atoms with Crippen molar-refractivity contribution in [3.8, 4) is 0 Å². The monoisotopic (exact) mass is 324 g/mol. The first-order valence-electron chi connectivity index (χ1n) is 7.86. The molecular formula is C18H20N4O2. The predicted octanol–water partition coefficient (Wildman–Crippen LogP) is 3.07. The van der Waals surface area contributed by atoms with Gasteiger partial charge in [-0.1, -0.05) is 18.2 Å². The molecule has 1 unspecified atom stereocenters. The highest BCUT2D eigenvalue weighted by atomic mass is 16.2. The Labute approximate surface area is 140 Å². The molecule has 0 saturated carbocycles. The largest absolute Gasteiger partial charge is 0.324 e. The number of rotatable bonds is 1. The van der Waals surface area contributed by atoms with Gasteiger partial charge in [-0.3, -0.25) is 9.78 Å². The number of nitrogens with zero attached hydrogens (tertiary/aromatic N) is 2. The lowest BCUT2D eigenvalue weighted by molar-refractivity contribution is -0.119. The van der Waals surface area contributed by atoms with E-state index in [-0.39, 0.29) is 11.9 Å². The van der Waals surface area contributed by atoms with E-state index in [0.29, 0.717) is 12.2 Å².